The fourth-order valence-electron chi connectivity index (χ4n) is 3.60. The maximum atomic E-state index is 13.3. The lowest BCUT2D eigenvalue weighted by atomic mass is 9.83. The topological polar surface area (TPSA) is 139 Å². The van der Waals surface area contributed by atoms with Gasteiger partial charge in [0.25, 0.3) is 0 Å². The second-order valence-electron chi connectivity index (χ2n) is 10.1. The summed E-state index contributed by atoms with van der Waals surface area (Å²) in [5.74, 6) is -3.53. The average Bonchev–Trinajstić information content (AvgIpc) is 2.74. The number of nitrogens with one attached hydrogen (secondary N) is 2. The average molecular weight is 491 g/mol. The van der Waals surface area contributed by atoms with Crippen molar-refractivity contribution in [3.8, 4) is 0 Å². The van der Waals surface area contributed by atoms with Gasteiger partial charge in [-0.25, -0.2) is 4.79 Å². The van der Waals surface area contributed by atoms with E-state index in [4.69, 9.17) is 9.84 Å². The maximum absolute atomic E-state index is 13.3. The van der Waals surface area contributed by atoms with Gasteiger partial charge in [-0.15, -0.1) is 0 Å². The summed E-state index contributed by atoms with van der Waals surface area (Å²) >= 11 is 0. The van der Waals surface area contributed by atoms with Gasteiger partial charge in [0.05, 0.1) is 6.54 Å². The van der Waals surface area contributed by atoms with E-state index in [1.165, 1.54) is 0 Å². The van der Waals surface area contributed by atoms with Crippen molar-refractivity contribution in [3.05, 3.63) is 35.9 Å². The third-order valence-corrected chi connectivity index (χ3v) is 5.07. The van der Waals surface area contributed by atoms with Gasteiger partial charge in [-0.2, -0.15) is 0 Å². The molecule has 2 atom stereocenters. The Labute approximate surface area is 207 Å². The van der Waals surface area contributed by atoms with Crippen LogP contribution in [0.2, 0.25) is 0 Å². The Balaban J connectivity index is 2.93. The molecule has 1 aromatic rings. The molecule has 0 aromatic heterocycles. The normalized spacial score (nSPS) is 13.0. The lowest BCUT2D eigenvalue weighted by Gasteiger charge is -2.22. The zero-order valence-electron chi connectivity index (χ0n) is 21.3. The molecular formula is C26H38N2O7. The fourth-order valence-corrected chi connectivity index (χ4v) is 3.60. The van der Waals surface area contributed by atoms with Gasteiger partial charge in [-0.05, 0) is 45.1 Å². The molecule has 1 rings (SSSR count). The van der Waals surface area contributed by atoms with Crippen molar-refractivity contribution in [3.63, 3.8) is 0 Å². The predicted molar refractivity (Wildman–Crippen MR) is 131 cm³/mol. The first kappa shape index (κ1) is 29.8. The molecule has 9 heteroatoms. The van der Waals surface area contributed by atoms with Gasteiger partial charge < -0.3 is 20.5 Å². The maximum Gasteiger partial charge on any atom is 0.408 e. The van der Waals surface area contributed by atoms with Gasteiger partial charge >= 0.3 is 12.1 Å². The summed E-state index contributed by atoms with van der Waals surface area (Å²) in [6, 6.07) is 9.23. The Morgan fingerprint density at radius 3 is 2.09 bits per heavy atom. The number of alkyl carbamates (subject to hydrolysis) is 1. The Bertz CT molecular complexity index is 875. The molecule has 2 unspecified atom stereocenters. The van der Waals surface area contributed by atoms with E-state index in [9.17, 15) is 24.0 Å². The molecule has 0 saturated heterocycles. The minimum absolute atomic E-state index is 0.103. The van der Waals surface area contributed by atoms with Crippen LogP contribution >= 0.6 is 0 Å². The van der Waals surface area contributed by atoms with Gasteiger partial charge in [0.1, 0.15) is 17.9 Å². The lowest BCUT2D eigenvalue weighted by molar-refractivity contribution is -0.139. The summed E-state index contributed by atoms with van der Waals surface area (Å²) in [6.07, 6.45) is -0.210. The molecule has 0 aliphatic heterocycles. The van der Waals surface area contributed by atoms with Crippen molar-refractivity contribution in [2.75, 3.05) is 13.1 Å². The van der Waals surface area contributed by atoms with Crippen molar-refractivity contribution in [2.24, 2.45) is 17.8 Å². The summed E-state index contributed by atoms with van der Waals surface area (Å²) in [7, 11) is 0. The number of carboxylic acid groups (broad SMARTS) is 1. The monoisotopic (exact) mass is 490 g/mol. The number of ether oxygens (including phenoxy) is 1. The molecule has 0 bridgehead atoms. The summed E-state index contributed by atoms with van der Waals surface area (Å²) in [6.45, 7) is 8.16. The Hall–Kier alpha value is -3.23. The van der Waals surface area contributed by atoms with Crippen molar-refractivity contribution in [1.82, 2.24) is 10.6 Å². The van der Waals surface area contributed by atoms with Gasteiger partial charge in [0.2, 0.25) is 5.91 Å². The number of hydrogen-bond acceptors (Lipinski definition) is 6. The zero-order chi connectivity index (χ0) is 26.6. The van der Waals surface area contributed by atoms with E-state index >= 15 is 0 Å². The number of benzene rings is 1. The highest BCUT2D eigenvalue weighted by molar-refractivity contribution is 5.93. The smallest absolute Gasteiger partial charge is 0.408 e. The number of hydrogen-bond donors (Lipinski definition) is 3. The summed E-state index contributed by atoms with van der Waals surface area (Å²) < 4.78 is 5.14. The molecular weight excluding hydrogens is 452 g/mol. The summed E-state index contributed by atoms with van der Waals surface area (Å²) in [5.41, 5.74) is 0.167. The van der Waals surface area contributed by atoms with Crippen LogP contribution in [0.4, 0.5) is 4.79 Å². The molecule has 0 aliphatic carbocycles. The van der Waals surface area contributed by atoms with E-state index < -0.39 is 42.0 Å². The minimum atomic E-state index is -1.17. The Morgan fingerprint density at radius 1 is 0.914 bits per heavy atom. The third-order valence-electron chi connectivity index (χ3n) is 5.07. The number of ketones is 2. The van der Waals surface area contributed by atoms with E-state index in [-0.39, 0.29) is 36.9 Å². The zero-order valence-corrected chi connectivity index (χ0v) is 21.3. The number of carbonyl (C=O) groups is 5. The van der Waals surface area contributed by atoms with Crippen molar-refractivity contribution >= 4 is 29.5 Å². The van der Waals surface area contributed by atoms with Crippen LogP contribution in [-0.4, -0.2) is 53.3 Å². The highest BCUT2D eigenvalue weighted by Gasteiger charge is 2.29. The van der Waals surface area contributed by atoms with Crippen molar-refractivity contribution in [1.29, 1.82) is 0 Å². The molecule has 1 aromatic carbocycles. The van der Waals surface area contributed by atoms with Gasteiger partial charge in [-0.3, -0.25) is 19.2 Å². The highest BCUT2D eigenvalue weighted by Crippen LogP contribution is 2.22. The van der Waals surface area contributed by atoms with E-state index in [0.29, 0.717) is 12.8 Å². The molecule has 0 saturated carbocycles. The Kier molecular flexibility index (Phi) is 12.1. The van der Waals surface area contributed by atoms with Crippen LogP contribution in [0.3, 0.4) is 0 Å². The van der Waals surface area contributed by atoms with Crippen LogP contribution in [0.15, 0.2) is 30.3 Å². The summed E-state index contributed by atoms with van der Waals surface area (Å²) in [5, 5.41) is 13.6. The molecule has 194 valence electrons. The van der Waals surface area contributed by atoms with Crippen LogP contribution in [0.1, 0.15) is 59.4 Å². The molecule has 0 aliphatic rings. The second kappa shape index (κ2) is 14.2. The van der Waals surface area contributed by atoms with E-state index in [1.54, 1.807) is 20.8 Å². The first-order valence-corrected chi connectivity index (χ1v) is 11.8. The van der Waals surface area contributed by atoms with Crippen molar-refractivity contribution < 1.29 is 33.8 Å². The summed E-state index contributed by atoms with van der Waals surface area (Å²) in [4.78, 5) is 61.2. The molecule has 3 N–H and O–H groups in total. The molecule has 2 amide bonds. The van der Waals surface area contributed by atoms with Crippen LogP contribution in [0.25, 0.3) is 0 Å². The number of Topliss-reactive ketones (excluding diaryl/α,β-unsaturated/α-hetero) is 2. The first-order chi connectivity index (χ1) is 16.3. The molecule has 35 heavy (non-hydrogen) atoms. The first-order valence-electron chi connectivity index (χ1n) is 11.8. The fraction of sp³-hybridized carbons (Fsp3) is 0.577. The van der Waals surface area contributed by atoms with Gasteiger partial charge in [0, 0.05) is 24.7 Å². The van der Waals surface area contributed by atoms with Crippen LogP contribution < -0.4 is 10.6 Å². The molecule has 0 fully saturated rings. The minimum Gasteiger partial charge on any atom is -0.480 e. The van der Waals surface area contributed by atoms with E-state index in [0.717, 1.165) is 5.56 Å². The molecule has 9 nitrogen and oxygen atoms in total. The van der Waals surface area contributed by atoms with Crippen LogP contribution in [-0.2, 0) is 30.3 Å². The standard InChI is InChI=1S/C26H38N2O7/c1-17(2)11-20(24(33)27-16-23(31)32)14-22(30)19(12-18-9-7-6-8-10-18)13-21(29)15-28-25(34)35-26(3,4)5/h6-10,17,19-20H,11-16H2,1-5H3,(H,27,33)(H,28,34)(H,31,32). The van der Waals surface area contributed by atoms with Crippen LogP contribution in [0, 0.1) is 17.8 Å². The van der Waals surface area contributed by atoms with Crippen LogP contribution in [0.5, 0.6) is 0 Å². The third kappa shape index (κ3) is 13.3. The molecule has 0 radical (unpaired) electrons. The van der Waals surface area contributed by atoms with E-state index in [1.807, 2.05) is 44.2 Å². The van der Waals surface area contributed by atoms with Gasteiger partial charge in [-0.1, -0.05) is 44.2 Å². The lowest BCUT2D eigenvalue weighted by Crippen LogP contribution is -2.38. The second-order valence-corrected chi connectivity index (χ2v) is 10.1. The number of rotatable bonds is 14. The number of carboxylic acids is 1. The predicted octanol–water partition coefficient (Wildman–Crippen LogP) is 3.15. The number of aliphatic carboxylic acids is 1. The number of carbonyl (C=O) groups excluding carboxylic acids is 4. The molecule has 0 spiro atoms. The van der Waals surface area contributed by atoms with E-state index in [2.05, 4.69) is 10.6 Å². The number of amides is 2. The highest BCUT2D eigenvalue weighted by atomic mass is 16.6. The molecule has 0 heterocycles. The van der Waals surface area contributed by atoms with Gasteiger partial charge in [0.15, 0.2) is 5.78 Å². The SMILES string of the molecule is CC(C)CC(CC(=O)C(CC(=O)CNC(=O)OC(C)(C)C)Cc1ccccc1)C(=O)NCC(=O)O. The van der Waals surface area contributed by atoms with Crippen molar-refractivity contribution in [2.45, 2.75) is 65.9 Å². The quantitative estimate of drug-likeness (QED) is 0.364. The Morgan fingerprint density at radius 2 is 1.54 bits per heavy atom. The largest absolute Gasteiger partial charge is 0.480 e.